The van der Waals surface area contributed by atoms with Crippen molar-refractivity contribution in [3.8, 4) is 11.1 Å². The van der Waals surface area contributed by atoms with Crippen LogP contribution in [0.15, 0.2) is 24.5 Å². The van der Waals surface area contributed by atoms with Gasteiger partial charge in [-0.15, -0.1) is 0 Å². The fraction of sp³-hybridized carbons (Fsp3) is 0.235. The number of hydrogen-bond acceptors (Lipinski definition) is 4. The third-order valence-electron chi connectivity index (χ3n) is 3.62. The Morgan fingerprint density at radius 1 is 1.04 bits per heavy atom. The molecule has 7 heteroatoms. The van der Waals surface area contributed by atoms with Crippen LogP contribution in [0, 0.1) is 12.7 Å². The van der Waals surface area contributed by atoms with Gasteiger partial charge in [-0.1, -0.05) is 23.2 Å². The van der Waals surface area contributed by atoms with Crippen molar-refractivity contribution in [2.45, 2.75) is 26.4 Å². The van der Waals surface area contributed by atoms with Crippen LogP contribution >= 0.6 is 23.2 Å². The van der Waals surface area contributed by atoms with E-state index in [2.05, 4.69) is 15.0 Å². The molecule has 0 radical (unpaired) electrons. The second-order valence-electron chi connectivity index (χ2n) is 6.03. The maximum atomic E-state index is 14.4. The fourth-order valence-electron chi connectivity index (χ4n) is 2.33. The number of rotatable bonds is 2. The van der Waals surface area contributed by atoms with Crippen LogP contribution in [0.5, 0.6) is 0 Å². The Morgan fingerprint density at radius 3 is 2.25 bits per heavy atom. The molecule has 3 rings (SSSR count). The Morgan fingerprint density at radius 2 is 1.67 bits per heavy atom. The van der Waals surface area contributed by atoms with Crippen LogP contribution in [0.25, 0.3) is 22.0 Å². The third kappa shape index (κ3) is 2.95. The topological polar surface area (TPSA) is 58.9 Å². The molecule has 0 spiro atoms. The number of hydrogen-bond donors (Lipinski definition) is 1. The van der Waals surface area contributed by atoms with Crippen molar-refractivity contribution in [2.24, 2.45) is 0 Å². The maximum Gasteiger partial charge on any atom is 0.159 e. The van der Waals surface area contributed by atoms with Gasteiger partial charge in [-0.3, -0.25) is 0 Å². The summed E-state index contributed by atoms with van der Waals surface area (Å²) in [4.78, 5) is 12.4. The molecule has 0 saturated heterocycles. The second kappa shape index (κ2) is 5.92. The van der Waals surface area contributed by atoms with Crippen LogP contribution in [0.2, 0.25) is 10.0 Å². The summed E-state index contributed by atoms with van der Waals surface area (Å²) in [6, 6.07) is 3.04. The Labute approximate surface area is 148 Å². The lowest BCUT2D eigenvalue weighted by Gasteiger charge is -2.15. The van der Waals surface area contributed by atoms with Crippen LogP contribution in [-0.2, 0) is 5.60 Å². The predicted octanol–water partition coefficient (Wildman–Crippen LogP) is 4.67. The molecule has 3 aromatic rings. The zero-order valence-corrected chi connectivity index (χ0v) is 14.7. The van der Waals surface area contributed by atoms with Gasteiger partial charge in [0.1, 0.15) is 16.9 Å². The van der Waals surface area contributed by atoms with Crippen LogP contribution < -0.4 is 0 Å². The number of fused-ring (bicyclic) bond motifs is 1. The van der Waals surface area contributed by atoms with Crippen LogP contribution in [0.3, 0.4) is 0 Å². The molecule has 0 aliphatic carbocycles. The standard InChI is InChI=1S/C17H14Cl2FN3O/c1-8-13(18)14(19)11-4-9(5-12(20)15(11)23-8)10-6-21-16(22-7-10)17(2,3)24/h4-7,24H,1-3H3. The minimum absolute atomic E-state index is 0.166. The SMILES string of the molecule is Cc1nc2c(F)cc(-c3cnc(C(C)(C)O)nc3)cc2c(Cl)c1Cl. The Bertz CT molecular complexity index is 937. The molecule has 4 nitrogen and oxygen atoms in total. The highest BCUT2D eigenvalue weighted by atomic mass is 35.5. The number of pyridine rings is 1. The van der Waals surface area contributed by atoms with Gasteiger partial charge in [0.05, 0.1) is 15.7 Å². The molecule has 2 heterocycles. The fourth-order valence-corrected chi connectivity index (χ4v) is 2.76. The van der Waals surface area contributed by atoms with Gasteiger partial charge in [0.15, 0.2) is 5.82 Å². The molecule has 2 aromatic heterocycles. The number of aryl methyl sites for hydroxylation is 1. The van der Waals surface area contributed by atoms with Gasteiger partial charge < -0.3 is 5.11 Å². The summed E-state index contributed by atoms with van der Waals surface area (Å²) in [5, 5.41) is 10.9. The maximum absolute atomic E-state index is 14.4. The van der Waals surface area contributed by atoms with E-state index >= 15 is 0 Å². The van der Waals surface area contributed by atoms with Crippen molar-refractivity contribution in [3.05, 3.63) is 51.9 Å². The van der Waals surface area contributed by atoms with Crippen molar-refractivity contribution < 1.29 is 9.50 Å². The lowest BCUT2D eigenvalue weighted by atomic mass is 10.0. The Balaban J connectivity index is 2.17. The summed E-state index contributed by atoms with van der Waals surface area (Å²) < 4.78 is 14.4. The first-order valence-electron chi connectivity index (χ1n) is 7.18. The van der Waals surface area contributed by atoms with Crippen molar-refractivity contribution in [1.29, 1.82) is 0 Å². The molecular weight excluding hydrogens is 352 g/mol. The van der Waals surface area contributed by atoms with E-state index < -0.39 is 11.4 Å². The average molecular weight is 366 g/mol. The van der Waals surface area contributed by atoms with Gasteiger partial charge in [-0.25, -0.2) is 19.3 Å². The molecule has 0 amide bonds. The van der Waals surface area contributed by atoms with Crippen molar-refractivity contribution in [2.75, 3.05) is 0 Å². The molecule has 124 valence electrons. The summed E-state index contributed by atoms with van der Waals surface area (Å²) in [6.07, 6.45) is 3.05. The summed E-state index contributed by atoms with van der Waals surface area (Å²) >= 11 is 12.4. The lowest BCUT2D eigenvalue weighted by Crippen LogP contribution is -2.19. The minimum atomic E-state index is -1.15. The molecular formula is C17H14Cl2FN3O. The lowest BCUT2D eigenvalue weighted by molar-refractivity contribution is 0.0687. The Hall–Kier alpha value is -1.82. The van der Waals surface area contributed by atoms with E-state index in [1.807, 2.05) is 0 Å². The van der Waals surface area contributed by atoms with Crippen LogP contribution in [0.4, 0.5) is 4.39 Å². The monoisotopic (exact) mass is 365 g/mol. The first kappa shape index (κ1) is 17.0. The first-order valence-corrected chi connectivity index (χ1v) is 7.94. The van der Waals surface area contributed by atoms with E-state index in [9.17, 15) is 9.50 Å². The number of benzene rings is 1. The zero-order valence-electron chi connectivity index (χ0n) is 13.2. The molecule has 0 aliphatic rings. The normalized spacial score (nSPS) is 12.0. The summed E-state index contributed by atoms with van der Waals surface area (Å²) in [5.41, 5.74) is 0.631. The zero-order chi connectivity index (χ0) is 17.6. The van der Waals surface area contributed by atoms with Gasteiger partial charge in [-0.05, 0) is 38.5 Å². The predicted molar refractivity (Wildman–Crippen MR) is 92.7 cm³/mol. The van der Waals surface area contributed by atoms with E-state index in [0.29, 0.717) is 27.2 Å². The van der Waals surface area contributed by atoms with E-state index in [-0.39, 0.29) is 16.4 Å². The number of aromatic nitrogens is 3. The van der Waals surface area contributed by atoms with Crippen molar-refractivity contribution in [1.82, 2.24) is 15.0 Å². The molecule has 0 bridgehead atoms. The number of aliphatic hydroxyl groups is 1. The highest BCUT2D eigenvalue weighted by Gasteiger charge is 2.20. The summed E-state index contributed by atoms with van der Waals surface area (Å²) in [7, 11) is 0. The molecule has 0 saturated carbocycles. The number of nitrogens with zero attached hydrogens (tertiary/aromatic N) is 3. The highest BCUT2D eigenvalue weighted by molar-refractivity contribution is 6.45. The van der Waals surface area contributed by atoms with Crippen LogP contribution in [-0.4, -0.2) is 20.1 Å². The molecule has 0 unspecified atom stereocenters. The van der Waals surface area contributed by atoms with Gasteiger partial charge in [0.25, 0.3) is 0 Å². The third-order valence-corrected chi connectivity index (χ3v) is 4.57. The number of halogens is 3. The van der Waals surface area contributed by atoms with E-state index in [0.717, 1.165) is 0 Å². The van der Waals surface area contributed by atoms with Gasteiger partial charge >= 0.3 is 0 Å². The molecule has 24 heavy (non-hydrogen) atoms. The molecule has 0 fully saturated rings. The largest absolute Gasteiger partial charge is 0.382 e. The smallest absolute Gasteiger partial charge is 0.159 e. The van der Waals surface area contributed by atoms with Crippen molar-refractivity contribution in [3.63, 3.8) is 0 Å². The average Bonchev–Trinajstić information content (AvgIpc) is 2.53. The summed E-state index contributed by atoms with van der Waals surface area (Å²) in [5.74, 6) is -0.221. The van der Waals surface area contributed by atoms with E-state index in [4.69, 9.17) is 23.2 Å². The van der Waals surface area contributed by atoms with Gasteiger partial charge in [-0.2, -0.15) is 0 Å². The van der Waals surface area contributed by atoms with E-state index in [1.54, 1.807) is 26.8 Å². The minimum Gasteiger partial charge on any atom is -0.382 e. The molecule has 0 atom stereocenters. The first-order chi connectivity index (χ1) is 11.2. The molecule has 0 aliphatic heterocycles. The molecule has 1 aromatic carbocycles. The van der Waals surface area contributed by atoms with E-state index in [1.165, 1.54) is 18.5 Å². The van der Waals surface area contributed by atoms with Crippen molar-refractivity contribution >= 4 is 34.1 Å². The molecule has 1 N–H and O–H groups in total. The second-order valence-corrected chi connectivity index (χ2v) is 6.79. The summed E-state index contributed by atoms with van der Waals surface area (Å²) in [6.45, 7) is 4.85. The van der Waals surface area contributed by atoms with Gasteiger partial charge in [0.2, 0.25) is 0 Å². The quantitative estimate of drug-likeness (QED) is 0.716. The van der Waals surface area contributed by atoms with Crippen LogP contribution in [0.1, 0.15) is 25.4 Å². The highest BCUT2D eigenvalue weighted by Crippen LogP contribution is 2.35. The van der Waals surface area contributed by atoms with Gasteiger partial charge in [0, 0.05) is 23.3 Å². The Kier molecular flexibility index (Phi) is 4.20.